The first-order valence-corrected chi connectivity index (χ1v) is 9.74. The van der Waals surface area contributed by atoms with Crippen molar-refractivity contribution in [1.29, 1.82) is 0 Å². The number of benzene rings is 1. The van der Waals surface area contributed by atoms with Crippen molar-refractivity contribution in [3.63, 3.8) is 0 Å². The Balaban J connectivity index is 1.80. The molecule has 0 radical (unpaired) electrons. The van der Waals surface area contributed by atoms with Gasteiger partial charge in [0.05, 0.1) is 11.2 Å². The van der Waals surface area contributed by atoms with Crippen molar-refractivity contribution < 1.29 is 4.39 Å². The molecule has 26 heavy (non-hydrogen) atoms. The highest BCUT2D eigenvalue weighted by Gasteiger charge is 2.30. The summed E-state index contributed by atoms with van der Waals surface area (Å²) in [7, 11) is 0. The van der Waals surface area contributed by atoms with Gasteiger partial charge in [0.1, 0.15) is 16.0 Å². The predicted octanol–water partition coefficient (Wildman–Crippen LogP) is 2.16. The molecule has 1 saturated carbocycles. The van der Waals surface area contributed by atoms with Gasteiger partial charge < -0.3 is 15.2 Å². The minimum absolute atomic E-state index is 0.144. The zero-order chi connectivity index (χ0) is 18.0. The average molecular weight is 374 g/mol. The Morgan fingerprint density at radius 1 is 1.27 bits per heavy atom. The Bertz CT molecular complexity index is 1140. The van der Waals surface area contributed by atoms with E-state index in [-0.39, 0.29) is 27.8 Å². The Morgan fingerprint density at radius 3 is 2.77 bits per heavy atom. The number of anilines is 1. The zero-order valence-corrected chi connectivity index (χ0v) is 14.9. The van der Waals surface area contributed by atoms with Crippen LogP contribution in [0.15, 0.2) is 21.7 Å². The summed E-state index contributed by atoms with van der Waals surface area (Å²) in [4.78, 5) is 27.6. The van der Waals surface area contributed by atoms with Gasteiger partial charge in [0.15, 0.2) is 0 Å². The summed E-state index contributed by atoms with van der Waals surface area (Å²) in [6.07, 6.45) is 2.96. The van der Waals surface area contributed by atoms with Crippen molar-refractivity contribution in [2.75, 3.05) is 24.5 Å². The van der Waals surface area contributed by atoms with Gasteiger partial charge in [-0.1, -0.05) is 0 Å². The molecule has 2 fully saturated rings. The normalized spacial score (nSPS) is 20.5. The second-order valence-corrected chi connectivity index (χ2v) is 8.10. The molecule has 8 heteroatoms. The number of nitrogens with two attached hydrogens (primary N) is 1. The van der Waals surface area contributed by atoms with Crippen molar-refractivity contribution >= 4 is 38.3 Å². The number of fused-ring (bicyclic) bond motifs is 2. The van der Waals surface area contributed by atoms with Crippen LogP contribution in [-0.2, 0) is 0 Å². The monoisotopic (exact) mass is 374 g/mol. The molecule has 1 unspecified atom stereocenters. The summed E-state index contributed by atoms with van der Waals surface area (Å²) in [5.41, 5.74) is 6.22. The number of hydrogen-bond acceptors (Lipinski definition) is 5. The summed E-state index contributed by atoms with van der Waals surface area (Å²) >= 11 is 1.19. The highest BCUT2D eigenvalue weighted by Crippen LogP contribution is 2.41. The number of halogens is 1. The van der Waals surface area contributed by atoms with Crippen LogP contribution < -0.4 is 21.6 Å². The molecule has 2 aliphatic rings. The van der Waals surface area contributed by atoms with Crippen LogP contribution in [0.5, 0.6) is 0 Å². The number of rotatable bonds is 3. The van der Waals surface area contributed by atoms with Crippen LogP contribution in [0.4, 0.5) is 10.1 Å². The van der Waals surface area contributed by atoms with Crippen LogP contribution in [0.1, 0.15) is 25.3 Å². The minimum Gasteiger partial charge on any atom is -0.369 e. The van der Waals surface area contributed by atoms with Crippen molar-refractivity contribution in [3.05, 3.63) is 38.5 Å². The lowest BCUT2D eigenvalue weighted by molar-refractivity contribution is 0.597. The van der Waals surface area contributed by atoms with Gasteiger partial charge in [-0.25, -0.2) is 4.39 Å². The van der Waals surface area contributed by atoms with Crippen molar-refractivity contribution in [2.24, 2.45) is 11.7 Å². The maximum Gasteiger partial charge on any atom is 0.271 e. The second-order valence-electron chi connectivity index (χ2n) is 7.30. The number of aromatic nitrogens is 2. The average Bonchev–Trinajstić information content (AvgIpc) is 3.22. The summed E-state index contributed by atoms with van der Waals surface area (Å²) in [6, 6.07) is 3.35. The van der Waals surface area contributed by atoms with Gasteiger partial charge in [-0.15, -0.1) is 0 Å². The first-order chi connectivity index (χ1) is 12.6. The Labute approximate surface area is 152 Å². The third kappa shape index (κ3) is 2.25. The SMILES string of the molecule is NCC1CCN(c2cc3c(cc2F)c(=O)c2c(=O)[nH]sc2n3C2CC2)C1. The van der Waals surface area contributed by atoms with Gasteiger partial charge in [0, 0.05) is 24.5 Å². The fraction of sp³-hybridized carbons (Fsp3) is 0.444. The Hall–Kier alpha value is -2.19. The lowest BCUT2D eigenvalue weighted by Gasteiger charge is -2.21. The molecule has 2 aromatic heterocycles. The van der Waals surface area contributed by atoms with E-state index in [2.05, 4.69) is 4.37 Å². The van der Waals surface area contributed by atoms with Crippen LogP contribution in [-0.4, -0.2) is 28.6 Å². The highest BCUT2D eigenvalue weighted by molar-refractivity contribution is 7.12. The van der Waals surface area contributed by atoms with Gasteiger partial charge in [-0.05, 0) is 55.4 Å². The van der Waals surface area contributed by atoms with Gasteiger partial charge >= 0.3 is 0 Å². The van der Waals surface area contributed by atoms with Gasteiger partial charge in [0.2, 0.25) is 5.43 Å². The first-order valence-electron chi connectivity index (χ1n) is 8.92. The molecule has 1 atom stereocenters. The molecule has 3 N–H and O–H groups in total. The van der Waals surface area contributed by atoms with Crippen molar-refractivity contribution in [3.8, 4) is 0 Å². The molecule has 1 aliphatic heterocycles. The molecule has 0 bridgehead atoms. The maximum atomic E-state index is 14.9. The number of aromatic amines is 1. The van der Waals surface area contributed by atoms with Crippen LogP contribution in [0.25, 0.3) is 21.1 Å². The highest BCUT2D eigenvalue weighted by atomic mass is 32.1. The van der Waals surface area contributed by atoms with Crippen LogP contribution in [0, 0.1) is 11.7 Å². The number of nitrogens with zero attached hydrogens (tertiary/aromatic N) is 2. The molecule has 6 nitrogen and oxygen atoms in total. The standard InChI is InChI=1S/C18H19FN4O2S/c19-12-5-11-13(6-14(12)22-4-3-9(7-20)8-22)23(10-1-2-10)18-15(16(11)24)17(25)21-26-18/h5-6,9-10H,1-4,7-8,20H2,(H,21,25). The molecule has 136 valence electrons. The molecule has 3 heterocycles. The fourth-order valence-electron chi connectivity index (χ4n) is 4.02. The number of hydrogen-bond donors (Lipinski definition) is 2. The first kappa shape index (κ1) is 16.0. The van der Waals surface area contributed by atoms with E-state index in [4.69, 9.17) is 5.73 Å². The molecule has 1 aliphatic carbocycles. The van der Waals surface area contributed by atoms with Crippen LogP contribution in [0.3, 0.4) is 0 Å². The third-order valence-electron chi connectivity index (χ3n) is 5.57. The molecule has 1 saturated heterocycles. The number of H-pyrrole nitrogens is 1. The minimum atomic E-state index is -0.416. The third-order valence-corrected chi connectivity index (χ3v) is 6.45. The topological polar surface area (TPSA) is 84.1 Å². The van der Waals surface area contributed by atoms with Crippen LogP contribution >= 0.6 is 11.5 Å². The van der Waals surface area contributed by atoms with Gasteiger partial charge in [-0.2, -0.15) is 0 Å². The zero-order valence-electron chi connectivity index (χ0n) is 14.1. The molecule has 5 rings (SSSR count). The molecule has 3 aromatic rings. The molecule has 1 aromatic carbocycles. The largest absolute Gasteiger partial charge is 0.369 e. The summed E-state index contributed by atoms with van der Waals surface area (Å²) in [6.45, 7) is 2.08. The van der Waals surface area contributed by atoms with Crippen molar-refractivity contribution in [1.82, 2.24) is 8.94 Å². The maximum absolute atomic E-state index is 14.9. The summed E-state index contributed by atoms with van der Waals surface area (Å²) in [5.74, 6) is -0.0475. The number of pyridine rings is 1. The van der Waals surface area contributed by atoms with E-state index in [1.54, 1.807) is 6.07 Å². The summed E-state index contributed by atoms with van der Waals surface area (Å²) in [5, 5.41) is 0.426. The van der Waals surface area contributed by atoms with Crippen molar-refractivity contribution in [2.45, 2.75) is 25.3 Å². The lowest BCUT2D eigenvalue weighted by Crippen LogP contribution is -2.24. The van der Waals surface area contributed by atoms with E-state index < -0.39 is 5.82 Å². The van der Waals surface area contributed by atoms with E-state index in [1.807, 2.05) is 9.47 Å². The Morgan fingerprint density at radius 2 is 2.08 bits per heavy atom. The van der Waals surface area contributed by atoms with E-state index in [9.17, 15) is 14.0 Å². The fourth-order valence-corrected chi connectivity index (χ4v) is 4.95. The van der Waals surface area contributed by atoms with Gasteiger partial charge in [-0.3, -0.25) is 14.0 Å². The number of nitrogens with one attached hydrogen (secondary N) is 1. The molecule has 0 amide bonds. The molecule has 0 spiro atoms. The molecular formula is C18H19FN4O2S. The quantitative estimate of drug-likeness (QED) is 0.736. The Kier molecular flexibility index (Phi) is 3.48. The van der Waals surface area contributed by atoms with Crippen LogP contribution in [0.2, 0.25) is 0 Å². The lowest BCUT2D eigenvalue weighted by atomic mass is 10.1. The van der Waals surface area contributed by atoms with E-state index in [1.165, 1.54) is 17.6 Å². The predicted molar refractivity (Wildman–Crippen MR) is 102 cm³/mol. The summed E-state index contributed by atoms with van der Waals surface area (Å²) < 4.78 is 19.6. The van der Waals surface area contributed by atoms with E-state index in [0.29, 0.717) is 28.5 Å². The smallest absolute Gasteiger partial charge is 0.271 e. The van der Waals surface area contributed by atoms with E-state index >= 15 is 0 Å². The molecular weight excluding hydrogens is 355 g/mol. The van der Waals surface area contributed by atoms with Gasteiger partial charge in [0.25, 0.3) is 5.56 Å². The van der Waals surface area contributed by atoms with E-state index in [0.717, 1.165) is 32.4 Å². The second kappa shape index (κ2) is 5.65.